The molecule has 0 spiro atoms. The summed E-state index contributed by atoms with van der Waals surface area (Å²) in [7, 11) is 0. The quantitative estimate of drug-likeness (QED) is 0.332. The van der Waals surface area contributed by atoms with Crippen LogP contribution in [0, 0.1) is 24.0 Å². The van der Waals surface area contributed by atoms with Crippen molar-refractivity contribution in [3.05, 3.63) is 105 Å². The van der Waals surface area contributed by atoms with E-state index in [0.717, 1.165) is 11.1 Å². The highest BCUT2D eigenvalue weighted by Gasteiger charge is 2.14. The summed E-state index contributed by atoms with van der Waals surface area (Å²) in [5, 5.41) is 16.4. The molecule has 0 aliphatic rings. The van der Waals surface area contributed by atoms with E-state index in [-0.39, 0.29) is 11.6 Å². The van der Waals surface area contributed by atoms with E-state index in [2.05, 4.69) is 10.6 Å². The lowest BCUT2D eigenvalue weighted by Crippen LogP contribution is -2.17. The average Bonchev–Trinajstić information content (AvgIpc) is 2.76. The van der Waals surface area contributed by atoms with E-state index < -0.39 is 10.8 Å². The molecule has 7 heteroatoms. The van der Waals surface area contributed by atoms with Crippen LogP contribution in [0.1, 0.15) is 27.0 Å². The van der Waals surface area contributed by atoms with Crippen molar-refractivity contribution in [3.63, 3.8) is 0 Å². The number of hydrogen-bond acceptors (Lipinski definition) is 4. The fourth-order valence-corrected chi connectivity index (χ4v) is 2.95. The topological polar surface area (TPSA) is 101 Å². The molecule has 0 atom stereocenters. The van der Waals surface area contributed by atoms with E-state index in [1.807, 2.05) is 32.0 Å². The highest BCUT2D eigenvalue weighted by Crippen LogP contribution is 2.22. The molecule has 156 valence electrons. The standard InChI is InChI=1S/C24H21N3O4/c1-16-7-5-12-21(17(16)2)26-24(29)20-10-3-4-11-22(20)25-23(28)14-13-18-8-6-9-19(15-18)27(30)31/h3-15H,1-2H3,(H,25,28)(H,26,29)/b14-13+. The Hall–Kier alpha value is -4.26. The van der Waals surface area contributed by atoms with Crippen LogP contribution in [-0.2, 0) is 4.79 Å². The highest BCUT2D eigenvalue weighted by atomic mass is 16.6. The summed E-state index contributed by atoms with van der Waals surface area (Å²) >= 11 is 0. The van der Waals surface area contributed by atoms with Crippen molar-refractivity contribution in [2.45, 2.75) is 13.8 Å². The molecule has 0 aliphatic carbocycles. The molecule has 3 aromatic carbocycles. The third-order valence-corrected chi connectivity index (χ3v) is 4.79. The van der Waals surface area contributed by atoms with Crippen LogP contribution in [0.15, 0.2) is 72.8 Å². The summed E-state index contributed by atoms with van der Waals surface area (Å²) in [6.07, 6.45) is 2.74. The molecule has 7 nitrogen and oxygen atoms in total. The van der Waals surface area contributed by atoms with Crippen LogP contribution in [0.2, 0.25) is 0 Å². The Morgan fingerprint density at radius 3 is 2.39 bits per heavy atom. The number of amides is 2. The zero-order valence-corrected chi connectivity index (χ0v) is 17.1. The molecular weight excluding hydrogens is 394 g/mol. The summed E-state index contributed by atoms with van der Waals surface area (Å²) in [6, 6.07) is 18.3. The van der Waals surface area contributed by atoms with Crippen LogP contribution >= 0.6 is 0 Å². The van der Waals surface area contributed by atoms with Gasteiger partial charge < -0.3 is 10.6 Å². The Kier molecular flexibility index (Phi) is 6.57. The first-order chi connectivity index (χ1) is 14.8. The number of nitrogens with one attached hydrogen (secondary N) is 2. The number of nitrogens with zero attached hydrogens (tertiary/aromatic N) is 1. The lowest BCUT2D eigenvalue weighted by atomic mass is 10.1. The van der Waals surface area contributed by atoms with Crippen LogP contribution < -0.4 is 10.6 Å². The fraction of sp³-hybridized carbons (Fsp3) is 0.0833. The van der Waals surface area contributed by atoms with Crippen molar-refractivity contribution in [1.29, 1.82) is 0 Å². The van der Waals surface area contributed by atoms with Crippen LogP contribution in [0.4, 0.5) is 17.1 Å². The van der Waals surface area contributed by atoms with Crippen LogP contribution in [0.25, 0.3) is 6.08 Å². The van der Waals surface area contributed by atoms with Gasteiger partial charge in [0.25, 0.3) is 11.6 Å². The first-order valence-electron chi connectivity index (χ1n) is 9.55. The highest BCUT2D eigenvalue weighted by molar-refractivity contribution is 6.12. The Balaban J connectivity index is 1.75. The number of rotatable bonds is 6. The van der Waals surface area contributed by atoms with Crippen LogP contribution in [0.3, 0.4) is 0 Å². The first kappa shape index (κ1) is 21.4. The molecule has 0 saturated heterocycles. The van der Waals surface area contributed by atoms with Gasteiger partial charge in [0.05, 0.1) is 16.2 Å². The van der Waals surface area contributed by atoms with Gasteiger partial charge in [0.15, 0.2) is 0 Å². The smallest absolute Gasteiger partial charge is 0.270 e. The van der Waals surface area contributed by atoms with Gasteiger partial charge in [0, 0.05) is 23.9 Å². The van der Waals surface area contributed by atoms with Gasteiger partial charge in [-0.05, 0) is 54.8 Å². The third-order valence-electron chi connectivity index (χ3n) is 4.79. The van der Waals surface area contributed by atoms with Crippen molar-refractivity contribution in [2.75, 3.05) is 10.6 Å². The SMILES string of the molecule is Cc1cccc(NC(=O)c2ccccc2NC(=O)/C=C/c2cccc([N+](=O)[O-])c2)c1C. The number of carbonyl (C=O) groups is 2. The Morgan fingerprint density at radius 2 is 1.61 bits per heavy atom. The maximum Gasteiger partial charge on any atom is 0.270 e. The molecule has 0 unspecified atom stereocenters. The number of nitro benzene ring substituents is 1. The molecule has 3 aromatic rings. The second-order valence-corrected chi connectivity index (χ2v) is 6.92. The van der Waals surface area contributed by atoms with Gasteiger partial charge in [0.2, 0.25) is 5.91 Å². The molecular formula is C24H21N3O4. The first-order valence-corrected chi connectivity index (χ1v) is 9.55. The average molecular weight is 415 g/mol. The number of anilines is 2. The van der Waals surface area contributed by atoms with E-state index in [0.29, 0.717) is 22.5 Å². The number of aryl methyl sites for hydroxylation is 1. The monoisotopic (exact) mass is 415 g/mol. The number of para-hydroxylation sites is 1. The Labute approximate surface area is 179 Å². The Morgan fingerprint density at radius 1 is 0.903 bits per heavy atom. The number of non-ortho nitro benzene ring substituents is 1. The molecule has 31 heavy (non-hydrogen) atoms. The van der Waals surface area contributed by atoms with Crippen LogP contribution in [0.5, 0.6) is 0 Å². The Bertz CT molecular complexity index is 1180. The molecule has 0 aromatic heterocycles. The lowest BCUT2D eigenvalue weighted by Gasteiger charge is -2.13. The number of carbonyl (C=O) groups excluding carboxylic acids is 2. The summed E-state index contributed by atoms with van der Waals surface area (Å²) in [5.41, 5.74) is 3.88. The zero-order valence-electron chi connectivity index (χ0n) is 17.1. The van der Waals surface area contributed by atoms with Crippen molar-refractivity contribution in [2.24, 2.45) is 0 Å². The van der Waals surface area contributed by atoms with E-state index in [1.165, 1.54) is 24.3 Å². The molecule has 0 fully saturated rings. The van der Waals surface area contributed by atoms with Crippen molar-refractivity contribution < 1.29 is 14.5 Å². The molecule has 0 saturated carbocycles. The fourth-order valence-electron chi connectivity index (χ4n) is 2.95. The van der Waals surface area contributed by atoms with Gasteiger partial charge in [-0.3, -0.25) is 19.7 Å². The van der Waals surface area contributed by atoms with Crippen molar-refractivity contribution >= 4 is 35.0 Å². The molecule has 0 radical (unpaired) electrons. The summed E-state index contributed by atoms with van der Waals surface area (Å²) in [6.45, 7) is 3.89. The van der Waals surface area contributed by atoms with Gasteiger partial charge in [0.1, 0.15) is 0 Å². The van der Waals surface area contributed by atoms with Crippen molar-refractivity contribution in [3.8, 4) is 0 Å². The van der Waals surface area contributed by atoms with Gasteiger partial charge in [-0.15, -0.1) is 0 Å². The van der Waals surface area contributed by atoms with E-state index >= 15 is 0 Å². The molecule has 2 amide bonds. The summed E-state index contributed by atoms with van der Waals surface area (Å²) < 4.78 is 0. The van der Waals surface area contributed by atoms with E-state index in [1.54, 1.807) is 36.4 Å². The predicted molar refractivity (Wildman–Crippen MR) is 121 cm³/mol. The van der Waals surface area contributed by atoms with Gasteiger partial charge >= 0.3 is 0 Å². The van der Waals surface area contributed by atoms with Gasteiger partial charge in [-0.2, -0.15) is 0 Å². The van der Waals surface area contributed by atoms with Crippen molar-refractivity contribution in [1.82, 2.24) is 0 Å². The predicted octanol–water partition coefficient (Wildman–Crippen LogP) is 5.12. The third kappa shape index (κ3) is 5.42. The lowest BCUT2D eigenvalue weighted by molar-refractivity contribution is -0.384. The largest absolute Gasteiger partial charge is 0.322 e. The number of benzene rings is 3. The minimum Gasteiger partial charge on any atom is -0.322 e. The number of hydrogen-bond donors (Lipinski definition) is 2. The van der Waals surface area contributed by atoms with E-state index in [4.69, 9.17) is 0 Å². The minimum absolute atomic E-state index is 0.0592. The van der Waals surface area contributed by atoms with E-state index in [9.17, 15) is 19.7 Å². The molecule has 0 aliphatic heterocycles. The molecule has 3 rings (SSSR count). The zero-order chi connectivity index (χ0) is 22.4. The maximum absolute atomic E-state index is 12.8. The summed E-state index contributed by atoms with van der Waals surface area (Å²) in [4.78, 5) is 35.6. The molecule has 0 heterocycles. The van der Waals surface area contributed by atoms with Gasteiger partial charge in [-0.25, -0.2) is 0 Å². The second-order valence-electron chi connectivity index (χ2n) is 6.92. The second kappa shape index (κ2) is 9.49. The van der Waals surface area contributed by atoms with Crippen LogP contribution in [-0.4, -0.2) is 16.7 Å². The molecule has 2 N–H and O–H groups in total. The summed E-state index contributed by atoms with van der Waals surface area (Å²) in [5.74, 6) is -0.800. The number of nitro groups is 1. The van der Waals surface area contributed by atoms with Gasteiger partial charge in [-0.1, -0.05) is 36.4 Å². The maximum atomic E-state index is 12.8. The normalized spacial score (nSPS) is 10.6. The minimum atomic E-state index is -0.498. The molecule has 0 bridgehead atoms.